The van der Waals surface area contributed by atoms with Crippen LogP contribution in [0.15, 0.2) is 24.3 Å². The zero-order valence-corrected chi connectivity index (χ0v) is 12.8. The molecule has 0 spiro atoms. The lowest BCUT2D eigenvalue weighted by Crippen LogP contribution is -2.37. The number of anilines is 1. The van der Waals surface area contributed by atoms with E-state index in [0.29, 0.717) is 13.1 Å². The number of alkyl carbamates (subject to hydrolysis) is 1. The fraction of sp³-hybridized carbons (Fsp3) is 0.467. The van der Waals surface area contributed by atoms with Crippen molar-refractivity contribution in [2.75, 3.05) is 25.0 Å². The van der Waals surface area contributed by atoms with Gasteiger partial charge in [-0.25, -0.2) is 9.59 Å². The van der Waals surface area contributed by atoms with Crippen LogP contribution in [0.4, 0.5) is 10.5 Å². The summed E-state index contributed by atoms with van der Waals surface area (Å²) < 4.78 is 5.13. The van der Waals surface area contributed by atoms with Crippen LogP contribution in [-0.2, 0) is 4.74 Å². The van der Waals surface area contributed by atoms with Gasteiger partial charge < -0.3 is 20.1 Å². The number of rotatable bonds is 5. The lowest BCUT2D eigenvalue weighted by molar-refractivity contribution is 0.0528. The Kier molecular flexibility index (Phi) is 5.58. The average molecular weight is 294 g/mol. The van der Waals surface area contributed by atoms with E-state index in [0.717, 1.165) is 5.69 Å². The van der Waals surface area contributed by atoms with Gasteiger partial charge in [-0.3, -0.25) is 0 Å². The van der Waals surface area contributed by atoms with Crippen molar-refractivity contribution in [1.29, 1.82) is 0 Å². The number of amides is 1. The molecule has 6 nitrogen and oxygen atoms in total. The standard InChI is InChI=1S/C15H22N2O4/c1-15(2,3)21-14(20)16-9-10-17(4)12-7-5-11(6-8-12)13(18)19/h5-8H,9-10H2,1-4H3,(H,16,20)(H,18,19). The first-order chi connectivity index (χ1) is 9.69. The number of carboxylic acid groups (broad SMARTS) is 1. The molecule has 0 fully saturated rings. The SMILES string of the molecule is CN(CCNC(=O)OC(C)(C)C)c1ccc(C(=O)O)cc1. The Morgan fingerprint density at radius 2 is 1.81 bits per heavy atom. The summed E-state index contributed by atoms with van der Waals surface area (Å²) >= 11 is 0. The van der Waals surface area contributed by atoms with Gasteiger partial charge in [0.25, 0.3) is 0 Å². The average Bonchev–Trinajstić information content (AvgIpc) is 2.36. The van der Waals surface area contributed by atoms with Crippen LogP contribution >= 0.6 is 0 Å². The Labute approximate surface area is 124 Å². The van der Waals surface area contributed by atoms with Gasteiger partial charge in [0.05, 0.1) is 5.56 Å². The molecule has 1 amide bonds. The van der Waals surface area contributed by atoms with Gasteiger partial charge in [-0.1, -0.05) is 0 Å². The molecule has 0 aliphatic rings. The number of likely N-dealkylation sites (N-methyl/N-ethyl adjacent to an activating group) is 1. The number of ether oxygens (including phenoxy) is 1. The first kappa shape index (κ1) is 16.8. The molecular formula is C15H22N2O4. The molecule has 1 aromatic rings. The molecule has 0 aliphatic carbocycles. The summed E-state index contributed by atoms with van der Waals surface area (Å²) in [4.78, 5) is 24.2. The molecule has 0 atom stereocenters. The Morgan fingerprint density at radius 1 is 1.24 bits per heavy atom. The van der Waals surface area contributed by atoms with Crippen LogP contribution in [0.3, 0.4) is 0 Å². The van der Waals surface area contributed by atoms with Crippen molar-refractivity contribution < 1.29 is 19.4 Å². The van der Waals surface area contributed by atoms with Gasteiger partial charge in [0.1, 0.15) is 5.60 Å². The van der Waals surface area contributed by atoms with Crippen LogP contribution in [0, 0.1) is 0 Å². The second kappa shape index (κ2) is 6.97. The van der Waals surface area contributed by atoms with E-state index in [4.69, 9.17) is 9.84 Å². The summed E-state index contributed by atoms with van der Waals surface area (Å²) in [6.45, 7) is 6.45. The largest absolute Gasteiger partial charge is 0.478 e. The van der Waals surface area contributed by atoms with Gasteiger partial charge in [-0.15, -0.1) is 0 Å². The summed E-state index contributed by atoms with van der Waals surface area (Å²) in [5, 5.41) is 11.5. The monoisotopic (exact) mass is 294 g/mol. The fourth-order valence-electron chi connectivity index (χ4n) is 1.63. The zero-order valence-electron chi connectivity index (χ0n) is 12.8. The van der Waals surface area contributed by atoms with Crippen molar-refractivity contribution in [2.24, 2.45) is 0 Å². The van der Waals surface area contributed by atoms with Crippen LogP contribution < -0.4 is 10.2 Å². The van der Waals surface area contributed by atoms with Crippen LogP contribution in [0.5, 0.6) is 0 Å². The van der Waals surface area contributed by atoms with E-state index in [2.05, 4.69) is 5.32 Å². The van der Waals surface area contributed by atoms with Crippen molar-refractivity contribution in [3.63, 3.8) is 0 Å². The molecule has 6 heteroatoms. The van der Waals surface area contributed by atoms with Crippen molar-refractivity contribution in [3.05, 3.63) is 29.8 Å². The van der Waals surface area contributed by atoms with Crippen LogP contribution in [-0.4, -0.2) is 42.9 Å². The number of carboxylic acids is 1. The molecule has 116 valence electrons. The molecule has 0 radical (unpaired) electrons. The summed E-state index contributed by atoms with van der Waals surface area (Å²) in [7, 11) is 1.87. The molecule has 0 aliphatic heterocycles. The Balaban J connectivity index is 2.42. The summed E-state index contributed by atoms with van der Waals surface area (Å²) in [5.74, 6) is -0.948. The number of hydrogen-bond donors (Lipinski definition) is 2. The minimum Gasteiger partial charge on any atom is -0.478 e. The van der Waals surface area contributed by atoms with Crippen LogP contribution in [0.25, 0.3) is 0 Å². The number of aromatic carboxylic acids is 1. The third-order valence-corrected chi connectivity index (χ3v) is 2.67. The number of nitrogens with zero attached hydrogens (tertiary/aromatic N) is 1. The number of carbonyl (C=O) groups excluding carboxylic acids is 1. The van der Waals surface area contributed by atoms with E-state index < -0.39 is 17.7 Å². The first-order valence-corrected chi connectivity index (χ1v) is 6.70. The molecule has 1 rings (SSSR count). The normalized spacial score (nSPS) is 10.9. The van der Waals surface area contributed by atoms with Crippen molar-refractivity contribution in [3.8, 4) is 0 Å². The number of benzene rings is 1. The third-order valence-electron chi connectivity index (χ3n) is 2.67. The van der Waals surface area contributed by atoms with E-state index in [1.807, 2.05) is 32.7 Å². The maximum Gasteiger partial charge on any atom is 0.407 e. The van der Waals surface area contributed by atoms with E-state index >= 15 is 0 Å². The van der Waals surface area contributed by atoms with E-state index in [9.17, 15) is 9.59 Å². The van der Waals surface area contributed by atoms with E-state index in [-0.39, 0.29) is 5.56 Å². The first-order valence-electron chi connectivity index (χ1n) is 6.70. The fourth-order valence-corrected chi connectivity index (χ4v) is 1.63. The van der Waals surface area contributed by atoms with Gasteiger partial charge in [0, 0.05) is 25.8 Å². The highest BCUT2D eigenvalue weighted by Crippen LogP contribution is 2.13. The predicted octanol–water partition coefficient (Wildman–Crippen LogP) is 2.35. The summed E-state index contributed by atoms with van der Waals surface area (Å²) in [6, 6.07) is 6.57. The molecule has 0 aromatic heterocycles. The van der Waals surface area contributed by atoms with Crippen molar-refractivity contribution in [2.45, 2.75) is 26.4 Å². The Morgan fingerprint density at radius 3 is 2.29 bits per heavy atom. The topological polar surface area (TPSA) is 78.9 Å². The lowest BCUT2D eigenvalue weighted by Gasteiger charge is -2.22. The quantitative estimate of drug-likeness (QED) is 0.871. The van der Waals surface area contributed by atoms with E-state index in [1.165, 1.54) is 0 Å². The van der Waals surface area contributed by atoms with E-state index in [1.54, 1.807) is 24.3 Å². The number of hydrogen-bond acceptors (Lipinski definition) is 4. The number of nitrogens with one attached hydrogen (secondary N) is 1. The highest BCUT2D eigenvalue weighted by molar-refractivity contribution is 5.88. The molecule has 2 N–H and O–H groups in total. The van der Waals surface area contributed by atoms with Crippen LogP contribution in [0.1, 0.15) is 31.1 Å². The Bertz CT molecular complexity index is 491. The zero-order chi connectivity index (χ0) is 16.0. The van der Waals surface area contributed by atoms with Crippen molar-refractivity contribution in [1.82, 2.24) is 5.32 Å². The highest BCUT2D eigenvalue weighted by atomic mass is 16.6. The summed E-state index contributed by atoms with van der Waals surface area (Å²) in [5.41, 5.74) is 0.618. The van der Waals surface area contributed by atoms with Crippen molar-refractivity contribution >= 4 is 17.7 Å². The van der Waals surface area contributed by atoms with Gasteiger partial charge in [-0.05, 0) is 45.0 Å². The lowest BCUT2D eigenvalue weighted by atomic mass is 10.2. The molecule has 0 unspecified atom stereocenters. The van der Waals surface area contributed by atoms with Gasteiger partial charge in [0.15, 0.2) is 0 Å². The molecule has 1 aromatic carbocycles. The maximum absolute atomic E-state index is 11.5. The summed E-state index contributed by atoms with van der Waals surface area (Å²) in [6.07, 6.45) is -0.447. The van der Waals surface area contributed by atoms with Gasteiger partial charge in [0.2, 0.25) is 0 Å². The minimum atomic E-state index is -0.948. The molecular weight excluding hydrogens is 272 g/mol. The maximum atomic E-state index is 11.5. The Hall–Kier alpha value is -2.24. The van der Waals surface area contributed by atoms with Gasteiger partial charge in [-0.2, -0.15) is 0 Å². The second-order valence-electron chi connectivity index (χ2n) is 5.70. The highest BCUT2D eigenvalue weighted by Gasteiger charge is 2.15. The predicted molar refractivity (Wildman–Crippen MR) is 80.9 cm³/mol. The molecule has 0 bridgehead atoms. The van der Waals surface area contributed by atoms with Crippen LogP contribution in [0.2, 0.25) is 0 Å². The second-order valence-corrected chi connectivity index (χ2v) is 5.70. The molecule has 21 heavy (non-hydrogen) atoms. The molecule has 0 saturated carbocycles. The van der Waals surface area contributed by atoms with Gasteiger partial charge >= 0.3 is 12.1 Å². The molecule has 0 saturated heterocycles. The minimum absolute atomic E-state index is 0.249. The molecule has 0 heterocycles. The third kappa shape index (κ3) is 6.16. The number of carbonyl (C=O) groups is 2. The smallest absolute Gasteiger partial charge is 0.407 e.